The van der Waals surface area contributed by atoms with Crippen molar-refractivity contribution in [3.8, 4) is 11.5 Å². The summed E-state index contributed by atoms with van der Waals surface area (Å²) < 4.78 is 10.3. The molecule has 0 spiro atoms. The fourth-order valence-corrected chi connectivity index (χ4v) is 2.61. The molecule has 0 aliphatic heterocycles. The summed E-state index contributed by atoms with van der Waals surface area (Å²) in [6.45, 7) is 1.76. The zero-order chi connectivity index (χ0) is 16.8. The van der Waals surface area contributed by atoms with E-state index in [1.807, 2.05) is 0 Å². The molecule has 2 aromatic rings. The Balaban J connectivity index is 2.01. The van der Waals surface area contributed by atoms with Crippen LogP contribution in [0.2, 0.25) is 0 Å². The number of H-pyrrole nitrogens is 1. The molecule has 0 atom stereocenters. The van der Waals surface area contributed by atoms with Gasteiger partial charge in [0.25, 0.3) is 0 Å². The molecule has 1 amide bonds. The van der Waals surface area contributed by atoms with Crippen molar-refractivity contribution in [2.75, 3.05) is 25.3 Å². The second kappa shape index (κ2) is 7.68. The Morgan fingerprint density at radius 2 is 2.09 bits per heavy atom. The van der Waals surface area contributed by atoms with Gasteiger partial charge in [0, 0.05) is 11.8 Å². The average molecular weight is 335 g/mol. The molecule has 0 aliphatic carbocycles. The van der Waals surface area contributed by atoms with E-state index < -0.39 is 5.69 Å². The number of hydrogen-bond donors (Lipinski definition) is 2. The number of benzene rings is 1. The Labute approximate surface area is 137 Å². The minimum Gasteiger partial charge on any atom is -0.497 e. The molecule has 0 radical (unpaired) electrons. The molecule has 0 bridgehead atoms. The summed E-state index contributed by atoms with van der Waals surface area (Å²) in [6, 6.07) is 6.83. The second-order valence-electron chi connectivity index (χ2n) is 4.61. The summed E-state index contributed by atoms with van der Waals surface area (Å²) in [6.07, 6.45) is 0. The molecular weight excluding hydrogens is 318 g/mol. The summed E-state index contributed by atoms with van der Waals surface area (Å²) in [7, 11) is 3.07. The maximum atomic E-state index is 12.0. The summed E-state index contributed by atoms with van der Waals surface area (Å²) in [5, 5.41) is 3.26. The zero-order valence-corrected chi connectivity index (χ0v) is 13.8. The lowest BCUT2D eigenvalue weighted by atomic mass is 10.2. The highest BCUT2D eigenvalue weighted by Gasteiger charge is 2.10. The van der Waals surface area contributed by atoms with Gasteiger partial charge in [-0.05, 0) is 25.1 Å². The minimum atomic E-state index is -0.426. The molecule has 0 fully saturated rings. The summed E-state index contributed by atoms with van der Waals surface area (Å²) >= 11 is 1.19. The first kappa shape index (κ1) is 16.9. The van der Waals surface area contributed by atoms with Crippen molar-refractivity contribution < 1.29 is 14.3 Å². The number of nitrogens with zero attached hydrogens (tertiary/aromatic N) is 1. The Morgan fingerprint density at radius 3 is 2.74 bits per heavy atom. The van der Waals surface area contributed by atoms with Gasteiger partial charge < -0.3 is 19.8 Å². The topological polar surface area (TPSA) is 93.3 Å². The highest BCUT2D eigenvalue weighted by molar-refractivity contribution is 7.99. The molecule has 0 saturated carbocycles. The normalized spacial score (nSPS) is 10.2. The summed E-state index contributed by atoms with van der Waals surface area (Å²) in [5.41, 5.74) is 0.823. The highest BCUT2D eigenvalue weighted by Crippen LogP contribution is 2.29. The Kier molecular flexibility index (Phi) is 5.64. The summed E-state index contributed by atoms with van der Waals surface area (Å²) in [4.78, 5) is 29.7. The van der Waals surface area contributed by atoms with Crippen LogP contribution in [-0.2, 0) is 4.79 Å². The number of carbonyl (C=O) groups is 1. The predicted molar refractivity (Wildman–Crippen MR) is 88.5 cm³/mol. The lowest BCUT2D eigenvalue weighted by Gasteiger charge is -2.11. The first-order valence-electron chi connectivity index (χ1n) is 6.74. The van der Waals surface area contributed by atoms with Crippen LogP contribution in [0.1, 0.15) is 5.69 Å². The number of hydrogen-bond acceptors (Lipinski definition) is 6. The molecule has 2 rings (SSSR count). The van der Waals surface area contributed by atoms with Gasteiger partial charge >= 0.3 is 5.69 Å². The van der Waals surface area contributed by atoms with Gasteiger partial charge in [-0.25, -0.2) is 4.79 Å². The van der Waals surface area contributed by atoms with Crippen molar-refractivity contribution in [2.24, 2.45) is 0 Å². The van der Waals surface area contributed by atoms with Gasteiger partial charge in [-0.2, -0.15) is 4.98 Å². The van der Waals surface area contributed by atoms with E-state index in [2.05, 4.69) is 15.3 Å². The molecule has 7 nitrogen and oxygen atoms in total. The smallest absolute Gasteiger partial charge is 0.346 e. The van der Waals surface area contributed by atoms with Gasteiger partial charge in [-0.1, -0.05) is 11.8 Å². The maximum absolute atomic E-state index is 12.0. The third-order valence-electron chi connectivity index (χ3n) is 2.89. The number of thioether (sulfide) groups is 1. The van der Waals surface area contributed by atoms with Crippen molar-refractivity contribution in [2.45, 2.75) is 11.9 Å². The molecule has 0 aliphatic rings. The van der Waals surface area contributed by atoms with E-state index in [-0.39, 0.29) is 11.7 Å². The van der Waals surface area contributed by atoms with Gasteiger partial charge in [0.2, 0.25) is 5.91 Å². The van der Waals surface area contributed by atoms with Crippen LogP contribution in [-0.4, -0.2) is 35.8 Å². The quantitative estimate of drug-likeness (QED) is 0.618. The third kappa shape index (κ3) is 4.75. The molecule has 8 heteroatoms. The Hall–Kier alpha value is -2.48. The van der Waals surface area contributed by atoms with Gasteiger partial charge in [0.15, 0.2) is 0 Å². The lowest BCUT2D eigenvalue weighted by molar-refractivity contribution is -0.113. The molecule has 1 heterocycles. The fourth-order valence-electron chi connectivity index (χ4n) is 1.85. The molecule has 0 saturated heterocycles. The number of carbonyl (C=O) groups excluding carboxylic acids is 1. The number of methoxy groups -OCH3 is 2. The predicted octanol–water partition coefficient (Wildman–Crippen LogP) is 1.83. The lowest BCUT2D eigenvalue weighted by Crippen LogP contribution is -2.16. The zero-order valence-electron chi connectivity index (χ0n) is 13.0. The van der Waals surface area contributed by atoms with Crippen LogP contribution in [0.3, 0.4) is 0 Å². The number of rotatable bonds is 6. The van der Waals surface area contributed by atoms with E-state index in [0.29, 0.717) is 27.9 Å². The molecule has 23 heavy (non-hydrogen) atoms. The number of anilines is 1. The SMILES string of the molecule is COc1ccc(NC(=O)CSc2cc(C)[nH]c(=O)n2)c(OC)c1. The number of nitrogens with one attached hydrogen (secondary N) is 2. The van der Waals surface area contributed by atoms with E-state index in [1.165, 1.54) is 18.9 Å². The van der Waals surface area contributed by atoms with Gasteiger partial charge in [0.05, 0.1) is 25.7 Å². The van der Waals surface area contributed by atoms with Crippen molar-refractivity contribution in [1.82, 2.24) is 9.97 Å². The van der Waals surface area contributed by atoms with E-state index in [1.54, 1.807) is 38.3 Å². The van der Waals surface area contributed by atoms with Crippen LogP contribution < -0.4 is 20.5 Å². The molecule has 122 valence electrons. The number of amides is 1. The van der Waals surface area contributed by atoms with Crippen LogP contribution in [0.15, 0.2) is 34.1 Å². The van der Waals surface area contributed by atoms with E-state index in [9.17, 15) is 9.59 Å². The molecule has 2 N–H and O–H groups in total. The number of aromatic amines is 1. The van der Waals surface area contributed by atoms with Crippen LogP contribution in [0.5, 0.6) is 11.5 Å². The average Bonchev–Trinajstić information content (AvgIpc) is 2.52. The van der Waals surface area contributed by atoms with E-state index >= 15 is 0 Å². The third-order valence-corrected chi connectivity index (χ3v) is 3.80. The molecule has 1 aromatic heterocycles. The first-order chi connectivity index (χ1) is 11.0. The summed E-state index contributed by atoms with van der Waals surface area (Å²) in [5.74, 6) is 1.05. The first-order valence-corrected chi connectivity index (χ1v) is 7.73. The van der Waals surface area contributed by atoms with Crippen LogP contribution >= 0.6 is 11.8 Å². The molecule has 1 aromatic carbocycles. The monoisotopic (exact) mass is 335 g/mol. The van der Waals surface area contributed by atoms with Crippen molar-refractivity contribution in [3.05, 3.63) is 40.4 Å². The fraction of sp³-hybridized carbons (Fsp3) is 0.267. The number of aromatic nitrogens is 2. The highest BCUT2D eigenvalue weighted by atomic mass is 32.2. The second-order valence-corrected chi connectivity index (χ2v) is 5.61. The Morgan fingerprint density at radius 1 is 1.30 bits per heavy atom. The van der Waals surface area contributed by atoms with Crippen LogP contribution in [0.4, 0.5) is 5.69 Å². The van der Waals surface area contributed by atoms with Crippen molar-refractivity contribution in [1.29, 1.82) is 0 Å². The van der Waals surface area contributed by atoms with Crippen LogP contribution in [0.25, 0.3) is 0 Å². The van der Waals surface area contributed by atoms with E-state index in [0.717, 1.165) is 0 Å². The largest absolute Gasteiger partial charge is 0.497 e. The van der Waals surface area contributed by atoms with Gasteiger partial charge in [-0.3, -0.25) is 4.79 Å². The number of ether oxygens (including phenoxy) is 2. The molecular formula is C15H17N3O4S. The van der Waals surface area contributed by atoms with Crippen molar-refractivity contribution >= 4 is 23.4 Å². The van der Waals surface area contributed by atoms with Crippen LogP contribution in [0, 0.1) is 6.92 Å². The Bertz CT molecular complexity index is 761. The molecule has 0 unspecified atom stereocenters. The van der Waals surface area contributed by atoms with E-state index in [4.69, 9.17) is 9.47 Å². The standard InChI is InChI=1S/C15H17N3O4S/c1-9-6-14(18-15(20)16-9)23-8-13(19)17-11-5-4-10(21-2)7-12(11)22-3/h4-7H,8H2,1-3H3,(H,17,19)(H,16,18,20). The number of aryl methyl sites for hydroxylation is 1. The van der Waals surface area contributed by atoms with Gasteiger partial charge in [0.1, 0.15) is 16.5 Å². The minimum absolute atomic E-state index is 0.130. The van der Waals surface area contributed by atoms with Gasteiger partial charge in [-0.15, -0.1) is 0 Å². The van der Waals surface area contributed by atoms with Crippen molar-refractivity contribution in [3.63, 3.8) is 0 Å². The maximum Gasteiger partial charge on any atom is 0.346 e.